The Morgan fingerprint density at radius 3 is 2.73 bits per heavy atom. The van der Waals surface area contributed by atoms with E-state index in [2.05, 4.69) is 22.2 Å². The largest absolute Gasteiger partial charge is 0.378 e. The molecule has 0 aromatic rings. The summed E-state index contributed by atoms with van der Waals surface area (Å²) < 4.78 is 5.71. The first-order valence-electron chi connectivity index (χ1n) is 7.97. The van der Waals surface area contributed by atoms with E-state index in [0.29, 0.717) is 18.6 Å². The molecule has 2 N–H and O–H groups in total. The molecule has 1 amide bonds. The average molecular weight is 310 g/mol. The molecule has 0 radical (unpaired) electrons. The van der Waals surface area contributed by atoms with Crippen molar-refractivity contribution in [2.24, 2.45) is 4.99 Å². The van der Waals surface area contributed by atoms with E-state index in [0.717, 1.165) is 31.6 Å². The zero-order chi connectivity index (χ0) is 16.4. The highest BCUT2D eigenvalue weighted by molar-refractivity contribution is 5.84. The smallest absolute Gasteiger partial charge is 0.243 e. The van der Waals surface area contributed by atoms with Gasteiger partial charge in [0.25, 0.3) is 0 Å². The molecule has 1 fully saturated rings. The molecule has 0 bridgehead atoms. The van der Waals surface area contributed by atoms with Crippen molar-refractivity contribution < 1.29 is 9.53 Å². The maximum Gasteiger partial charge on any atom is 0.243 e. The van der Waals surface area contributed by atoms with Crippen molar-refractivity contribution in [3.05, 3.63) is 12.2 Å². The summed E-state index contributed by atoms with van der Waals surface area (Å²) in [5.74, 6) is 0.626. The van der Waals surface area contributed by atoms with Crippen LogP contribution in [0.3, 0.4) is 0 Å². The Bertz CT molecular complexity index is 388. The molecule has 6 heteroatoms. The molecule has 0 spiro atoms. The van der Waals surface area contributed by atoms with E-state index < -0.39 is 0 Å². The van der Waals surface area contributed by atoms with Gasteiger partial charge in [0.2, 0.25) is 5.91 Å². The highest BCUT2D eigenvalue weighted by atomic mass is 16.5. The number of nitrogens with zero attached hydrogens (tertiary/aromatic N) is 2. The lowest BCUT2D eigenvalue weighted by molar-refractivity contribution is -0.127. The van der Waals surface area contributed by atoms with E-state index >= 15 is 0 Å². The molecule has 6 nitrogen and oxygen atoms in total. The third-order valence-corrected chi connectivity index (χ3v) is 3.46. The lowest BCUT2D eigenvalue weighted by atomic mass is 10.1. The highest BCUT2D eigenvalue weighted by Gasteiger charge is 2.13. The van der Waals surface area contributed by atoms with Crippen LogP contribution in [0.25, 0.3) is 0 Å². The number of aliphatic imine (C=N–C) groups is 1. The molecule has 1 rings (SSSR count). The van der Waals surface area contributed by atoms with E-state index in [1.165, 1.54) is 17.7 Å². The lowest BCUT2D eigenvalue weighted by Gasteiger charge is -2.23. The van der Waals surface area contributed by atoms with E-state index in [1.807, 2.05) is 6.92 Å². The molecule has 1 aliphatic heterocycles. The normalized spacial score (nSPS) is 18.7. The topological polar surface area (TPSA) is 66.0 Å². The van der Waals surface area contributed by atoms with Crippen molar-refractivity contribution in [1.29, 1.82) is 0 Å². The van der Waals surface area contributed by atoms with Gasteiger partial charge in [-0.1, -0.05) is 12.2 Å². The van der Waals surface area contributed by atoms with Crippen LogP contribution in [0, 0.1) is 0 Å². The minimum atomic E-state index is -0.0213. The predicted molar refractivity (Wildman–Crippen MR) is 90.0 cm³/mol. The lowest BCUT2D eigenvalue weighted by Crippen LogP contribution is -2.40. The molecule has 0 saturated carbocycles. The number of carbonyl (C=O) groups excluding carboxylic acids is 1. The van der Waals surface area contributed by atoms with Gasteiger partial charge in [-0.2, -0.15) is 0 Å². The fourth-order valence-electron chi connectivity index (χ4n) is 2.08. The molecule has 0 aliphatic carbocycles. The van der Waals surface area contributed by atoms with Crippen LogP contribution in [0.4, 0.5) is 0 Å². The summed E-state index contributed by atoms with van der Waals surface area (Å²) in [6.45, 7) is 8.24. The number of rotatable bonds is 7. The van der Waals surface area contributed by atoms with Crippen molar-refractivity contribution in [3.63, 3.8) is 0 Å². The summed E-state index contributed by atoms with van der Waals surface area (Å²) in [6, 6.07) is 0. The predicted octanol–water partition coefficient (Wildman–Crippen LogP) is 1.15. The fourth-order valence-corrected chi connectivity index (χ4v) is 2.08. The molecular formula is C16H30N4O2. The van der Waals surface area contributed by atoms with Crippen molar-refractivity contribution in [1.82, 2.24) is 15.5 Å². The molecule has 126 valence electrons. The van der Waals surface area contributed by atoms with Crippen LogP contribution in [-0.4, -0.2) is 63.2 Å². The minimum absolute atomic E-state index is 0.0213. The van der Waals surface area contributed by atoms with Crippen molar-refractivity contribution in [3.8, 4) is 0 Å². The van der Waals surface area contributed by atoms with Gasteiger partial charge in [-0.05, 0) is 32.6 Å². The van der Waals surface area contributed by atoms with Gasteiger partial charge in [0.05, 0.1) is 6.10 Å². The number of carbonyl (C=O) groups is 1. The second kappa shape index (κ2) is 10.2. The summed E-state index contributed by atoms with van der Waals surface area (Å²) in [6.07, 6.45) is 4.84. The number of hydrogen-bond donors (Lipinski definition) is 2. The number of hydrogen-bond acceptors (Lipinski definition) is 3. The van der Waals surface area contributed by atoms with Gasteiger partial charge in [-0.25, -0.2) is 4.99 Å². The third kappa shape index (κ3) is 8.02. The molecule has 1 saturated heterocycles. The van der Waals surface area contributed by atoms with Crippen molar-refractivity contribution in [2.45, 2.75) is 38.7 Å². The van der Waals surface area contributed by atoms with Crippen molar-refractivity contribution in [2.75, 3.05) is 40.3 Å². The van der Waals surface area contributed by atoms with Crippen LogP contribution >= 0.6 is 0 Å². The molecular weight excluding hydrogens is 280 g/mol. The summed E-state index contributed by atoms with van der Waals surface area (Å²) in [5.41, 5.74) is 1.02. The van der Waals surface area contributed by atoms with Crippen LogP contribution in [0.2, 0.25) is 0 Å². The summed E-state index contributed by atoms with van der Waals surface area (Å²) >= 11 is 0. The molecule has 1 unspecified atom stereocenters. The van der Waals surface area contributed by atoms with Gasteiger partial charge in [0, 0.05) is 33.8 Å². The second-order valence-electron chi connectivity index (χ2n) is 5.97. The van der Waals surface area contributed by atoms with Crippen LogP contribution in [0.5, 0.6) is 0 Å². The Kier molecular flexibility index (Phi) is 8.58. The molecule has 0 aromatic heterocycles. The molecule has 0 aromatic carbocycles. The van der Waals surface area contributed by atoms with Gasteiger partial charge in [-0.3, -0.25) is 4.79 Å². The number of likely N-dealkylation sites (N-methyl/N-ethyl adjacent to an activating group) is 1. The van der Waals surface area contributed by atoms with Crippen LogP contribution in [0.15, 0.2) is 17.1 Å². The van der Waals surface area contributed by atoms with Gasteiger partial charge < -0.3 is 20.3 Å². The first-order valence-corrected chi connectivity index (χ1v) is 7.97. The summed E-state index contributed by atoms with van der Waals surface area (Å²) in [7, 11) is 3.46. The monoisotopic (exact) mass is 310 g/mol. The standard InChI is InChI=1S/C16H30N4O2/c1-13(2)11-18-16(19-12-15(21)20(3)4)17-9-8-14-7-5-6-10-22-14/h14H,1,5-12H2,2-4H3,(H2,17,18,19). The Morgan fingerprint density at radius 2 is 2.14 bits per heavy atom. The van der Waals surface area contributed by atoms with Crippen LogP contribution in [0.1, 0.15) is 32.6 Å². The Labute approximate surface area is 134 Å². The van der Waals surface area contributed by atoms with E-state index in [-0.39, 0.29) is 12.5 Å². The fraction of sp³-hybridized carbons (Fsp3) is 0.750. The number of amides is 1. The zero-order valence-corrected chi connectivity index (χ0v) is 14.2. The van der Waals surface area contributed by atoms with Crippen LogP contribution in [-0.2, 0) is 9.53 Å². The first kappa shape index (κ1) is 18.5. The third-order valence-electron chi connectivity index (χ3n) is 3.46. The quantitative estimate of drug-likeness (QED) is 0.420. The van der Waals surface area contributed by atoms with Gasteiger partial charge >= 0.3 is 0 Å². The van der Waals surface area contributed by atoms with E-state index in [4.69, 9.17) is 4.74 Å². The Balaban J connectivity index is 2.40. The van der Waals surface area contributed by atoms with E-state index in [1.54, 1.807) is 14.1 Å². The molecule has 1 aliphatic rings. The molecule has 22 heavy (non-hydrogen) atoms. The minimum Gasteiger partial charge on any atom is -0.378 e. The maximum absolute atomic E-state index is 11.6. The van der Waals surface area contributed by atoms with Crippen molar-refractivity contribution >= 4 is 11.9 Å². The highest BCUT2D eigenvalue weighted by Crippen LogP contribution is 2.14. The second-order valence-corrected chi connectivity index (χ2v) is 5.97. The zero-order valence-electron chi connectivity index (χ0n) is 14.2. The van der Waals surface area contributed by atoms with E-state index in [9.17, 15) is 4.79 Å². The molecule has 1 heterocycles. The average Bonchev–Trinajstić information content (AvgIpc) is 2.49. The number of ether oxygens (including phenoxy) is 1. The SMILES string of the molecule is C=C(C)CNC(=NCC(=O)N(C)C)NCCC1CCCCO1. The van der Waals surface area contributed by atoms with Gasteiger partial charge in [-0.15, -0.1) is 0 Å². The van der Waals surface area contributed by atoms with Crippen LogP contribution < -0.4 is 10.6 Å². The number of guanidine groups is 1. The van der Waals surface area contributed by atoms with Gasteiger partial charge in [0.1, 0.15) is 6.54 Å². The Hall–Kier alpha value is -1.56. The first-order chi connectivity index (χ1) is 10.5. The maximum atomic E-state index is 11.6. The van der Waals surface area contributed by atoms with Gasteiger partial charge in [0.15, 0.2) is 5.96 Å². The Morgan fingerprint density at radius 1 is 1.36 bits per heavy atom. The number of nitrogens with one attached hydrogen (secondary N) is 2. The summed E-state index contributed by atoms with van der Waals surface area (Å²) in [4.78, 5) is 17.5. The summed E-state index contributed by atoms with van der Waals surface area (Å²) in [5, 5.41) is 6.44. The molecule has 1 atom stereocenters.